The third-order valence-electron chi connectivity index (χ3n) is 9.02. The molecule has 0 aromatic heterocycles. The lowest BCUT2D eigenvalue weighted by Crippen LogP contribution is -2.63. The van der Waals surface area contributed by atoms with Gasteiger partial charge in [0.2, 0.25) is 23.6 Å². The summed E-state index contributed by atoms with van der Waals surface area (Å²) in [5.74, 6) is -4.04. The van der Waals surface area contributed by atoms with Gasteiger partial charge in [-0.2, -0.15) is 13.2 Å². The van der Waals surface area contributed by atoms with Crippen LogP contribution in [0.15, 0.2) is 66.7 Å². The van der Waals surface area contributed by atoms with Gasteiger partial charge >= 0.3 is 12.1 Å². The molecule has 0 bridgehead atoms. The van der Waals surface area contributed by atoms with Crippen molar-refractivity contribution < 1.29 is 46.6 Å². The fraction of sp³-hybridized carbons (Fsp3) is 0.417. The van der Waals surface area contributed by atoms with Gasteiger partial charge in [0.05, 0.1) is 6.04 Å². The second-order valence-corrected chi connectivity index (χ2v) is 12.5. The van der Waals surface area contributed by atoms with Crippen LogP contribution in [0.3, 0.4) is 0 Å². The SMILES string of the molecule is CCC1CN(C(Cc2ccc3ccccc3c2)C(=O)NC)CCN1C(=O)C(Cc1ccc(F)cc1)NC(=O)C1CCC(=O)N1.O=C(O)C(F)(F)F. The lowest BCUT2D eigenvalue weighted by molar-refractivity contribution is -0.192. The van der Waals surface area contributed by atoms with Crippen molar-refractivity contribution in [1.82, 2.24) is 25.8 Å². The van der Waals surface area contributed by atoms with Gasteiger partial charge in [-0.3, -0.25) is 24.1 Å². The summed E-state index contributed by atoms with van der Waals surface area (Å²) in [6, 6.07) is 18.1. The highest BCUT2D eigenvalue weighted by Gasteiger charge is 2.39. The molecule has 4 amide bonds. The molecule has 3 aromatic carbocycles. The van der Waals surface area contributed by atoms with Gasteiger partial charge in [0, 0.05) is 45.6 Å². The fourth-order valence-corrected chi connectivity index (χ4v) is 6.28. The summed E-state index contributed by atoms with van der Waals surface area (Å²) in [6.07, 6.45) is -3.07. The van der Waals surface area contributed by atoms with Gasteiger partial charge in [-0.05, 0) is 53.3 Å². The molecule has 2 aliphatic heterocycles. The van der Waals surface area contributed by atoms with Gasteiger partial charge < -0.3 is 26.0 Å². The third kappa shape index (κ3) is 10.5. The number of carbonyl (C=O) groups excluding carboxylic acids is 4. The zero-order valence-corrected chi connectivity index (χ0v) is 28.2. The molecule has 2 aliphatic rings. The molecule has 4 atom stereocenters. The minimum absolute atomic E-state index is 0.0761. The van der Waals surface area contributed by atoms with E-state index in [2.05, 4.69) is 51.2 Å². The molecule has 51 heavy (non-hydrogen) atoms. The summed E-state index contributed by atoms with van der Waals surface area (Å²) in [5, 5.41) is 17.7. The average Bonchev–Trinajstić information content (AvgIpc) is 3.56. The topological polar surface area (TPSA) is 148 Å². The molecule has 2 fully saturated rings. The lowest BCUT2D eigenvalue weighted by atomic mass is 9.97. The standard InChI is InChI=1S/C34H40FN5O4.C2HF3O2/c1-3-27-21-39(30(33(43)36-2)20-23-8-11-24-6-4-5-7-25(24)18-23)16-17-40(27)34(44)29(19-22-9-12-26(35)13-10-22)38-32(42)28-14-15-31(41)37-28;3-2(4,5)1(6)7/h4-13,18,27-30H,3,14-17,19-21H2,1-2H3,(H,36,43)(H,37,41)(H,38,42);(H,6,7). The van der Waals surface area contributed by atoms with Crippen molar-refractivity contribution in [3.05, 3.63) is 83.7 Å². The molecule has 274 valence electrons. The molecule has 15 heteroatoms. The van der Waals surface area contributed by atoms with Crippen LogP contribution in [0.5, 0.6) is 0 Å². The van der Waals surface area contributed by atoms with E-state index in [0.29, 0.717) is 44.5 Å². The normalized spacial score (nSPS) is 18.9. The quantitative estimate of drug-likeness (QED) is 0.236. The van der Waals surface area contributed by atoms with E-state index in [4.69, 9.17) is 9.90 Å². The molecule has 4 N–H and O–H groups in total. The predicted octanol–water partition coefficient (Wildman–Crippen LogP) is 3.20. The van der Waals surface area contributed by atoms with Crippen molar-refractivity contribution in [2.45, 2.75) is 69.4 Å². The van der Waals surface area contributed by atoms with Gasteiger partial charge in [0.25, 0.3) is 0 Å². The van der Waals surface area contributed by atoms with Crippen molar-refractivity contribution in [2.75, 3.05) is 26.7 Å². The second-order valence-electron chi connectivity index (χ2n) is 12.5. The van der Waals surface area contributed by atoms with E-state index in [-0.39, 0.29) is 42.4 Å². The van der Waals surface area contributed by atoms with Gasteiger partial charge in [-0.15, -0.1) is 0 Å². The Morgan fingerprint density at radius 2 is 1.61 bits per heavy atom. The molecular formula is C36H41F4N5O6. The number of benzene rings is 3. The van der Waals surface area contributed by atoms with Crippen LogP contribution in [-0.2, 0) is 36.8 Å². The number of nitrogens with zero attached hydrogens (tertiary/aromatic N) is 2. The van der Waals surface area contributed by atoms with E-state index in [0.717, 1.165) is 16.3 Å². The van der Waals surface area contributed by atoms with Crippen molar-refractivity contribution in [3.63, 3.8) is 0 Å². The van der Waals surface area contributed by atoms with E-state index in [9.17, 15) is 36.7 Å². The molecule has 0 spiro atoms. The van der Waals surface area contributed by atoms with E-state index in [1.54, 1.807) is 24.1 Å². The minimum atomic E-state index is -5.08. The Labute approximate surface area is 292 Å². The number of carbonyl (C=O) groups is 5. The monoisotopic (exact) mass is 715 g/mol. The maximum atomic E-state index is 14.1. The zero-order chi connectivity index (χ0) is 37.3. The molecule has 0 saturated carbocycles. The van der Waals surface area contributed by atoms with Gasteiger partial charge in [0.15, 0.2) is 0 Å². The van der Waals surface area contributed by atoms with Crippen LogP contribution >= 0.6 is 0 Å². The Kier molecular flexibility index (Phi) is 13.1. The van der Waals surface area contributed by atoms with Crippen LogP contribution in [0.25, 0.3) is 10.8 Å². The number of rotatable bonds is 10. The number of hydrogen-bond acceptors (Lipinski definition) is 6. The average molecular weight is 716 g/mol. The summed E-state index contributed by atoms with van der Waals surface area (Å²) >= 11 is 0. The Bertz CT molecular complexity index is 1720. The number of alkyl halides is 3. The number of piperazine rings is 1. The summed E-state index contributed by atoms with van der Waals surface area (Å²) in [6.45, 7) is 3.39. The largest absolute Gasteiger partial charge is 0.490 e. The highest BCUT2D eigenvalue weighted by Crippen LogP contribution is 2.23. The fourth-order valence-electron chi connectivity index (χ4n) is 6.28. The Morgan fingerprint density at radius 3 is 2.20 bits per heavy atom. The van der Waals surface area contributed by atoms with Crippen LogP contribution in [0, 0.1) is 5.82 Å². The molecule has 4 unspecified atom stereocenters. The van der Waals surface area contributed by atoms with E-state index >= 15 is 0 Å². The van der Waals surface area contributed by atoms with Gasteiger partial charge in [0.1, 0.15) is 17.9 Å². The number of likely N-dealkylation sites (N-methyl/N-ethyl adjacent to an activating group) is 1. The molecule has 3 aromatic rings. The maximum Gasteiger partial charge on any atom is 0.490 e. The first-order valence-corrected chi connectivity index (χ1v) is 16.6. The first-order valence-electron chi connectivity index (χ1n) is 16.6. The highest BCUT2D eigenvalue weighted by molar-refractivity contribution is 5.94. The van der Waals surface area contributed by atoms with Crippen LogP contribution in [0.2, 0.25) is 0 Å². The summed E-state index contributed by atoms with van der Waals surface area (Å²) in [4.78, 5) is 64.9. The molecule has 0 radical (unpaired) electrons. The number of carboxylic acid groups (broad SMARTS) is 1. The van der Waals surface area contributed by atoms with Crippen LogP contribution in [-0.4, -0.2) is 102 Å². The molecule has 11 nitrogen and oxygen atoms in total. The van der Waals surface area contributed by atoms with Crippen LogP contribution in [0.1, 0.15) is 37.3 Å². The summed E-state index contributed by atoms with van der Waals surface area (Å²) in [7, 11) is 1.64. The Balaban J connectivity index is 0.000000755. The van der Waals surface area contributed by atoms with Crippen LogP contribution < -0.4 is 16.0 Å². The van der Waals surface area contributed by atoms with E-state index < -0.39 is 36.2 Å². The van der Waals surface area contributed by atoms with Crippen molar-refractivity contribution in [2.24, 2.45) is 0 Å². The first-order chi connectivity index (χ1) is 24.2. The van der Waals surface area contributed by atoms with Crippen molar-refractivity contribution >= 4 is 40.4 Å². The van der Waals surface area contributed by atoms with E-state index in [1.807, 2.05) is 19.1 Å². The Hall–Kier alpha value is -5.05. The number of aliphatic carboxylic acids is 1. The van der Waals surface area contributed by atoms with Gasteiger partial charge in [-0.25, -0.2) is 9.18 Å². The number of hydrogen-bond donors (Lipinski definition) is 4. The minimum Gasteiger partial charge on any atom is -0.475 e. The Morgan fingerprint density at radius 1 is 0.961 bits per heavy atom. The van der Waals surface area contributed by atoms with Crippen molar-refractivity contribution in [1.29, 1.82) is 0 Å². The number of fused-ring (bicyclic) bond motifs is 1. The first kappa shape index (κ1) is 38.7. The van der Waals surface area contributed by atoms with Gasteiger partial charge in [-0.1, -0.05) is 61.5 Å². The third-order valence-corrected chi connectivity index (χ3v) is 9.02. The molecular weight excluding hydrogens is 674 g/mol. The van der Waals surface area contributed by atoms with Crippen LogP contribution in [0.4, 0.5) is 17.6 Å². The predicted molar refractivity (Wildman–Crippen MR) is 180 cm³/mol. The molecule has 0 aliphatic carbocycles. The van der Waals surface area contributed by atoms with Crippen molar-refractivity contribution in [3.8, 4) is 0 Å². The molecule has 2 heterocycles. The number of halogens is 4. The number of amides is 4. The highest BCUT2D eigenvalue weighted by atomic mass is 19.4. The summed E-state index contributed by atoms with van der Waals surface area (Å²) < 4.78 is 45.3. The molecule has 2 saturated heterocycles. The van der Waals surface area contributed by atoms with E-state index in [1.165, 1.54) is 12.1 Å². The number of carboxylic acids is 1. The lowest BCUT2D eigenvalue weighted by Gasteiger charge is -2.45. The smallest absolute Gasteiger partial charge is 0.475 e. The zero-order valence-electron chi connectivity index (χ0n) is 28.2. The summed E-state index contributed by atoms with van der Waals surface area (Å²) in [5.41, 5.74) is 1.77. The number of nitrogens with one attached hydrogen (secondary N) is 3. The second kappa shape index (κ2) is 17.2. The molecule has 5 rings (SSSR count). The maximum absolute atomic E-state index is 14.1.